The third-order valence-electron chi connectivity index (χ3n) is 4.66. The number of hydrogen-bond acceptors (Lipinski definition) is 2. The summed E-state index contributed by atoms with van der Waals surface area (Å²) in [4.78, 5) is 13.4. The number of aryl methyl sites for hydroxylation is 2. The Labute approximate surface area is 159 Å². The van der Waals surface area contributed by atoms with Gasteiger partial charge in [-0.3, -0.25) is 4.79 Å². The first kappa shape index (κ1) is 18.3. The number of halogens is 1. The minimum atomic E-state index is 0.0558. The number of carbonyl (C=O) groups is 1. The van der Waals surface area contributed by atoms with Crippen LogP contribution in [-0.2, 0) is 17.6 Å². The van der Waals surface area contributed by atoms with E-state index in [9.17, 15) is 4.79 Å². The molecule has 4 heteroatoms. The molecule has 1 N–H and O–H groups in total. The van der Waals surface area contributed by atoms with Crippen molar-refractivity contribution in [3.8, 4) is 0 Å². The lowest BCUT2D eigenvalue weighted by Crippen LogP contribution is -2.27. The first-order valence-electron chi connectivity index (χ1n) is 8.91. The van der Waals surface area contributed by atoms with E-state index in [1.807, 2.05) is 24.3 Å². The molecular formula is C21H24ClNOS. The fraction of sp³-hybridized carbons (Fsp3) is 0.381. The van der Waals surface area contributed by atoms with E-state index in [-0.39, 0.29) is 11.9 Å². The van der Waals surface area contributed by atoms with Gasteiger partial charge in [-0.15, -0.1) is 11.8 Å². The van der Waals surface area contributed by atoms with Crippen LogP contribution in [-0.4, -0.2) is 11.7 Å². The fourth-order valence-corrected chi connectivity index (χ4v) is 4.19. The Hall–Kier alpha value is -1.45. The highest BCUT2D eigenvalue weighted by Crippen LogP contribution is 2.25. The molecule has 1 aliphatic rings. The van der Waals surface area contributed by atoms with E-state index in [2.05, 4.69) is 30.4 Å². The molecule has 0 saturated carbocycles. The van der Waals surface area contributed by atoms with Crippen molar-refractivity contribution in [2.24, 2.45) is 0 Å². The molecule has 1 aliphatic carbocycles. The molecule has 1 amide bonds. The molecule has 0 saturated heterocycles. The number of hydrogen-bond donors (Lipinski definition) is 1. The predicted octanol–water partition coefficient (Wildman–Crippen LogP) is 5.58. The van der Waals surface area contributed by atoms with Crippen LogP contribution in [0.5, 0.6) is 0 Å². The summed E-state index contributed by atoms with van der Waals surface area (Å²) in [7, 11) is 0. The molecule has 1 atom stereocenters. The molecule has 0 unspecified atom stereocenters. The summed E-state index contributed by atoms with van der Waals surface area (Å²) in [5.74, 6) is 0.872. The lowest BCUT2D eigenvalue weighted by molar-refractivity contribution is -0.121. The second-order valence-electron chi connectivity index (χ2n) is 6.58. The second kappa shape index (κ2) is 8.77. The number of rotatable bonds is 6. The van der Waals surface area contributed by atoms with Crippen molar-refractivity contribution in [3.05, 3.63) is 64.2 Å². The van der Waals surface area contributed by atoms with Crippen LogP contribution in [0.2, 0.25) is 5.02 Å². The van der Waals surface area contributed by atoms with E-state index in [4.69, 9.17) is 11.6 Å². The van der Waals surface area contributed by atoms with Gasteiger partial charge in [-0.1, -0.05) is 29.8 Å². The molecule has 2 nitrogen and oxygen atoms in total. The Bertz CT molecular complexity index is 729. The Balaban J connectivity index is 1.48. The van der Waals surface area contributed by atoms with E-state index in [0.29, 0.717) is 6.42 Å². The molecular weight excluding hydrogens is 350 g/mol. The average molecular weight is 374 g/mol. The molecule has 3 rings (SSSR count). The molecule has 25 heavy (non-hydrogen) atoms. The lowest BCUT2D eigenvalue weighted by atomic mass is 9.89. The van der Waals surface area contributed by atoms with E-state index in [0.717, 1.165) is 15.7 Å². The number of thioether (sulfide) groups is 1. The van der Waals surface area contributed by atoms with Gasteiger partial charge in [-0.25, -0.2) is 0 Å². The summed E-state index contributed by atoms with van der Waals surface area (Å²) >= 11 is 7.56. The summed E-state index contributed by atoms with van der Waals surface area (Å²) in [6.45, 7) is 2.06. The van der Waals surface area contributed by atoms with Crippen molar-refractivity contribution in [2.75, 3.05) is 5.75 Å². The summed E-state index contributed by atoms with van der Waals surface area (Å²) in [5.41, 5.74) is 4.15. The summed E-state index contributed by atoms with van der Waals surface area (Å²) in [5, 5.41) is 3.86. The van der Waals surface area contributed by atoms with Crippen molar-refractivity contribution in [2.45, 2.75) is 50.0 Å². The largest absolute Gasteiger partial charge is 0.350 e. The van der Waals surface area contributed by atoms with Gasteiger partial charge in [0.25, 0.3) is 0 Å². The zero-order valence-corrected chi connectivity index (χ0v) is 16.1. The lowest BCUT2D eigenvalue weighted by Gasteiger charge is -2.20. The van der Waals surface area contributed by atoms with Crippen molar-refractivity contribution in [1.82, 2.24) is 5.32 Å². The van der Waals surface area contributed by atoms with Crippen LogP contribution in [0.4, 0.5) is 0 Å². The van der Waals surface area contributed by atoms with Gasteiger partial charge in [-0.05, 0) is 73.6 Å². The Morgan fingerprint density at radius 2 is 1.84 bits per heavy atom. The third kappa shape index (κ3) is 5.26. The molecule has 0 fully saturated rings. The maximum atomic E-state index is 12.2. The third-order valence-corrected chi connectivity index (χ3v) is 5.93. The van der Waals surface area contributed by atoms with Gasteiger partial charge in [0.05, 0.1) is 6.04 Å². The minimum absolute atomic E-state index is 0.0558. The predicted molar refractivity (Wildman–Crippen MR) is 106 cm³/mol. The van der Waals surface area contributed by atoms with Crippen molar-refractivity contribution in [1.29, 1.82) is 0 Å². The van der Waals surface area contributed by atoms with Crippen LogP contribution < -0.4 is 5.32 Å². The molecule has 2 aromatic rings. The molecule has 2 aromatic carbocycles. The molecule has 0 spiro atoms. The maximum absolute atomic E-state index is 12.2. The Morgan fingerprint density at radius 3 is 2.60 bits per heavy atom. The smallest absolute Gasteiger partial charge is 0.221 e. The highest BCUT2D eigenvalue weighted by Gasteiger charge is 2.14. The van der Waals surface area contributed by atoms with E-state index in [1.165, 1.54) is 42.4 Å². The van der Waals surface area contributed by atoms with Crippen molar-refractivity contribution in [3.63, 3.8) is 0 Å². The molecule has 0 aliphatic heterocycles. The Kier molecular flexibility index (Phi) is 6.44. The van der Waals surface area contributed by atoms with Crippen molar-refractivity contribution < 1.29 is 4.79 Å². The van der Waals surface area contributed by atoms with Crippen LogP contribution >= 0.6 is 23.4 Å². The Morgan fingerprint density at radius 1 is 1.12 bits per heavy atom. The second-order valence-corrected chi connectivity index (χ2v) is 8.18. The van der Waals surface area contributed by atoms with Gasteiger partial charge in [0.15, 0.2) is 0 Å². The monoisotopic (exact) mass is 373 g/mol. The van der Waals surface area contributed by atoms with Crippen LogP contribution in [0, 0.1) is 0 Å². The molecule has 0 radical (unpaired) electrons. The first-order valence-corrected chi connectivity index (χ1v) is 10.3. The summed E-state index contributed by atoms with van der Waals surface area (Å²) in [6.07, 6.45) is 5.45. The molecule has 132 valence electrons. The molecule has 0 aromatic heterocycles. The van der Waals surface area contributed by atoms with Gasteiger partial charge in [0.2, 0.25) is 5.91 Å². The highest BCUT2D eigenvalue weighted by atomic mass is 35.5. The first-order chi connectivity index (χ1) is 12.1. The number of nitrogens with one attached hydrogen (secondary N) is 1. The standard InChI is InChI=1S/C21H24ClNOS/c1-15(17-7-6-16-4-2-3-5-18(16)14-17)23-21(24)12-13-25-20-10-8-19(22)9-11-20/h6-11,14-15H,2-5,12-13H2,1H3,(H,23,24)/t15-/m1/s1. The van der Waals surface area contributed by atoms with E-state index >= 15 is 0 Å². The SMILES string of the molecule is C[C@@H](NC(=O)CCSc1ccc(Cl)cc1)c1ccc2c(c1)CCCC2. The number of benzene rings is 2. The number of carbonyl (C=O) groups excluding carboxylic acids is 1. The van der Waals surface area contributed by atoms with Crippen LogP contribution in [0.3, 0.4) is 0 Å². The van der Waals surface area contributed by atoms with Crippen LogP contribution in [0.15, 0.2) is 47.4 Å². The maximum Gasteiger partial charge on any atom is 0.221 e. The zero-order chi connectivity index (χ0) is 17.6. The van der Waals surface area contributed by atoms with Crippen LogP contribution in [0.1, 0.15) is 48.9 Å². The quantitative estimate of drug-likeness (QED) is 0.670. The number of amides is 1. The van der Waals surface area contributed by atoms with Gasteiger partial charge >= 0.3 is 0 Å². The zero-order valence-electron chi connectivity index (χ0n) is 14.6. The van der Waals surface area contributed by atoms with Crippen molar-refractivity contribution >= 4 is 29.3 Å². The summed E-state index contributed by atoms with van der Waals surface area (Å²) in [6, 6.07) is 14.5. The van der Waals surface area contributed by atoms with Crippen LogP contribution in [0.25, 0.3) is 0 Å². The summed E-state index contributed by atoms with van der Waals surface area (Å²) < 4.78 is 0. The number of fused-ring (bicyclic) bond motifs is 1. The fourth-order valence-electron chi connectivity index (χ4n) is 3.21. The van der Waals surface area contributed by atoms with Gasteiger partial charge in [0.1, 0.15) is 0 Å². The van der Waals surface area contributed by atoms with Gasteiger partial charge in [0, 0.05) is 22.1 Å². The molecule has 0 bridgehead atoms. The minimum Gasteiger partial charge on any atom is -0.350 e. The topological polar surface area (TPSA) is 29.1 Å². The van der Waals surface area contributed by atoms with Gasteiger partial charge < -0.3 is 5.32 Å². The normalized spacial score (nSPS) is 14.6. The average Bonchev–Trinajstić information content (AvgIpc) is 2.63. The van der Waals surface area contributed by atoms with Gasteiger partial charge in [-0.2, -0.15) is 0 Å². The van der Waals surface area contributed by atoms with E-state index < -0.39 is 0 Å². The molecule has 0 heterocycles. The van der Waals surface area contributed by atoms with E-state index in [1.54, 1.807) is 11.8 Å². The highest BCUT2D eigenvalue weighted by molar-refractivity contribution is 7.99.